The van der Waals surface area contributed by atoms with Crippen molar-refractivity contribution in [2.75, 3.05) is 6.54 Å². The van der Waals surface area contributed by atoms with Gasteiger partial charge in [-0.05, 0) is 61.8 Å². The van der Waals surface area contributed by atoms with E-state index < -0.39 is 0 Å². The lowest BCUT2D eigenvalue weighted by atomic mass is 9.78. The van der Waals surface area contributed by atoms with E-state index in [2.05, 4.69) is 17.4 Å². The SMILES string of the molecule is Clc1cccc2c1CCCC2C1CCCN1. The third-order valence-electron chi connectivity index (χ3n) is 4.08. The molecule has 0 saturated carbocycles. The van der Waals surface area contributed by atoms with Gasteiger partial charge in [-0.25, -0.2) is 0 Å². The zero-order valence-electron chi connectivity index (χ0n) is 9.51. The maximum Gasteiger partial charge on any atom is 0.0440 e. The predicted molar refractivity (Wildman–Crippen MR) is 68.2 cm³/mol. The van der Waals surface area contributed by atoms with Gasteiger partial charge in [-0.3, -0.25) is 0 Å². The minimum atomic E-state index is 0.692. The zero-order valence-corrected chi connectivity index (χ0v) is 10.3. The first-order valence-corrected chi connectivity index (χ1v) is 6.75. The largest absolute Gasteiger partial charge is 0.313 e. The van der Waals surface area contributed by atoms with Crippen molar-refractivity contribution in [1.82, 2.24) is 5.32 Å². The lowest BCUT2D eigenvalue weighted by molar-refractivity contribution is 0.432. The van der Waals surface area contributed by atoms with Crippen LogP contribution in [0.5, 0.6) is 0 Å². The Labute approximate surface area is 102 Å². The summed E-state index contributed by atoms with van der Waals surface area (Å²) in [4.78, 5) is 0. The van der Waals surface area contributed by atoms with Crippen LogP contribution in [0.15, 0.2) is 18.2 Å². The maximum atomic E-state index is 6.29. The second-order valence-corrected chi connectivity index (χ2v) is 5.42. The summed E-state index contributed by atoms with van der Waals surface area (Å²) in [5.74, 6) is 0.699. The number of benzene rings is 1. The fourth-order valence-electron chi connectivity index (χ4n) is 3.31. The molecule has 86 valence electrons. The molecule has 0 radical (unpaired) electrons. The highest BCUT2D eigenvalue weighted by atomic mass is 35.5. The van der Waals surface area contributed by atoms with Gasteiger partial charge < -0.3 is 5.32 Å². The molecule has 3 rings (SSSR count). The Kier molecular flexibility index (Phi) is 2.91. The number of halogens is 1. The first-order chi connectivity index (χ1) is 7.86. The molecule has 1 saturated heterocycles. The molecule has 1 nitrogen and oxygen atoms in total. The van der Waals surface area contributed by atoms with Gasteiger partial charge in [0.1, 0.15) is 0 Å². The predicted octanol–water partition coefficient (Wildman–Crippen LogP) is 3.51. The fourth-order valence-corrected chi connectivity index (χ4v) is 3.59. The summed E-state index contributed by atoms with van der Waals surface area (Å²) in [5.41, 5.74) is 2.92. The van der Waals surface area contributed by atoms with E-state index >= 15 is 0 Å². The lowest BCUT2D eigenvalue weighted by Crippen LogP contribution is -2.31. The van der Waals surface area contributed by atoms with Crippen molar-refractivity contribution >= 4 is 11.6 Å². The van der Waals surface area contributed by atoms with Crippen molar-refractivity contribution in [3.8, 4) is 0 Å². The van der Waals surface area contributed by atoms with Gasteiger partial charge in [-0.1, -0.05) is 23.7 Å². The summed E-state index contributed by atoms with van der Waals surface area (Å²) in [5, 5.41) is 4.62. The Morgan fingerprint density at radius 3 is 2.94 bits per heavy atom. The van der Waals surface area contributed by atoms with E-state index in [1.54, 1.807) is 0 Å². The van der Waals surface area contributed by atoms with Crippen molar-refractivity contribution in [1.29, 1.82) is 0 Å². The van der Waals surface area contributed by atoms with E-state index in [0.717, 1.165) is 11.4 Å². The van der Waals surface area contributed by atoms with E-state index in [-0.39, 0.29) is 0 Å². The molecule has 0 aromatic heterocycles. The van der Waals surface area contributed by atoms with Crippen LogP contribution >= 0.6 is 11.6 Å². The fraction of sp³-hybridized carbons (Fsp3) is 0.571. The summed E-state index contributed by atoms with van der Waals surface area (Å²) in [7, 11) is 0. The minimum absolute atomic E-state index is 0.692. The van der Waals surface area contributed by atoms with Crippen molar-refractivity contribution in [3.05, 3.63) is 34.3 Å². The molecule has 1 aromatic carbocycles. The Morgan fingerprint density at radius 1 is 1.19 bits per heavy atom. The highest BCUT2D eigenvalue weighted by Gasteiger charge is 2.30. The van der Waals surface area contributed by atoms with Gasteiger partial charge in [0, 0.05) is 11.1 Å². The smallest absolute Gasteiger partial charge is 0.0440 e. The maximum absolute atomic E-state index is 6.29. The average Bonchev–Trinajstić information content (AvgIpc) is 2.82. The third-order valence-corrected chi connectivity index (χ3v) is 4.43. The Balaban J connectivity index is 1.96. The minimum Gasteiger partial charge on any atom is -0.313 e. The van der Waals surface area contributed by atoms with Gasteiger partial charge >= 0.3 is 0 Å². The molecular formula is C14H18ClN. The molecule has 1 heterocycles. The molecule has 2 aliphatic rings. The van der Waals surface area contributed by atoms with Crippen molar-refractivity contribution < 1.29 is 0 Å². The van der Waals surface area contributed by atoms with Gasteiger partial charge in [-0.15, -0.1) is 0 Å². The Bertz CT molecular complexity index is 382. The van der Waals surface area contributed by atoms with E-state index in [4.69, 9.17) is 11.6 Å². The summed E-state index contributed by atoms with van der Waals surface area (Å²) in [6.07, 6.45) is 6.44. The summed E-state index contributed by atoms with van der Waals surface area (Å²) < 4.78 is 0. The lowest BCUT2D eigenvalue weighted by Gasteiger charge is -2.30. The first-order valence-electron chi connectivity index (χ1n) is 6.37. The van der Waals surface area contributed by atoms with Crippen molar-refractivity contribution in [2.45, 2.75) is 44.1 Å². The summed E-state index contributed by atoms with van der Waals surface area (Å²) in [6, 6.07) is 7.11. The molecule has 1 N–H and O–H groups in total. The zero-order chi connectivity index (χ0) is 11.0. The summed E-state index contributed by atoms with van der Waals surface area (Å²) >= 11 is 6.29. The second kappa shape index (κ2) is 4.38. The van der Waals surface area contributed by atoms with Crippen LogP contribution in [0.3, 0.4) is 0 Å². The molecule has 1 aliphatic heterocycles. The van der Waals surface area contributed by atoms with Crippen LogP contribution in [0, 0.1) is 0 Å². The molecular weight excluding hydrogens is 218 g/mol. The number of nitrogens with one attached hydrogen (secondary N) is 1. The average molecular weight is 236 g/mol. The van der Waals surface area contributed by atoms with E-state index in [1.165, 1.54) is 43.4 Å². The van der Waals surface area contributed by atoms with Crippen LogP contribution in [-0.4, -0.2) is 12.6 Å². The Morgan fingerprint density at radius 2 is 2.12 bits per heavy atom. The molecule has 0 amide bonds. The van der Waals surface area contributed by atoms with Gasteiger partial charge in [0.25, 0.3) is 0 Å². The highest BCUT2D eigenvalue weighted by molar-refractivity contribution is 6.31. The van der Waals surface area contributed by atoms with E-state index in [1.807, 2.05) is 6.07 Å². The molecule has 16 heavy (non-hydrogen) atoms. The van der Waals surface area contributed by atoms with Crippen LogP contribution in [0.2, 0.25) is 5.02 Å². The van der Waals surface area contributed by atoms with E-state index in [0.29, 0.717) is 12.0 Å². The van der Waals surface area contributed by atoms with Crippen molar-refractivity contribution in [3.63, 3.8) is 0 Å². The number of fused-ring (bicyclic) bond motifs is 1. The molecule has 1 aromatic rings. The van der Waals surface area contributed by atoms with Gasteiger partial charge in [0.2, 0.25) is 0 Å². The van der Waals surface area contributed by atoms with Crippen LogP contribution in [0.1, 0.15) is 42.7 Å². The molecule has 2 unspecified atom stereocenters. The van der Waals surface area contributed by atoms with Crippen LogP contribution in [-0.2, 0) is 6.42 Å². The molecule has 1 aliphatic carbocycles. The van der Waals surface area contributed by atoms with E-state index in [9.17, 15) is 0 Å². The second-order valence-electron chi connectivity index (χ2n) is 5.01. The topological polar surface area (TPSA) is 12.0 Å². The Hall–Kier alpha value is -0.530. The molecule has 2 heteroatoms. The monoisotopic (exact) mass is 235 g/mol. The number of hydrogen-bond acceptors (Lipinski definition) is 1. The molecule has 0 bridgehead atoms. The third kappa shape index (κ3) is 1.76. The molecule has 2 atom stereocenters. The molecule has 0 spiro atoms. The van der Waals surface area contributed by atoms with Crippen LogP contribution < -0.4 is 5.32 Å². The van der Waals surface area contributed by atoms with Crippen molar-refractivity contribution in [2.24, 2.45) is 0 Å². The quantitative estimate of drug-likeness (QED) is 0.786. The first kappa shape index (κ1) is 10.6. The molecule has 1 fully saturated rings. The van der Waals surface area contributed by atoms with Gasteiger partial charge in [0.15, 0.2) is 0 Å². The highest BCUT2D eigenvalue weighted by Crippen LogP contribution is 2.39. The normalized spacial score (nSPS) is 29.1. The van der Waals surface area contributed by atoms with Gasteiger partial charge in [0.05, 0.1) is 0 Å². The number of hydrogen-bond donors (Lipinski definition) is 1. The number of rotatable bonds is 1. The van der Waals surface area contributed by atoms with Crippen LogP contribution in [0.4, 0.5) is 0 Å². The van der Waals surface area contributed by atoms with Gasteiger partial charge in [-0.2, -0.15) is 0 Å². The standard InChI is InChI=1S/C14H18ClN/c15-13-7-2-4-10-11(13)5-1-6-12(10)14-8-3-9-16-14/h2,4,7,12,14,16H,1,3,5-6,8-9H2. The summed E-state index contributed by atoms with van der Waals surface area (Å²) in [6.45, 7) is 1.19. The van der Waals surface area contributed by atoms with Crippen LogP contribution in [0.25, 0.3) is 0 Å².